The van der Waals surface area contributed by atoms with Gasteiger partial charge < -0.3 is 0 Å². The Hall–Kier alpha value is -3.51. The topological polar surface area (TPSA) is 56.7 Å². The third-order valence-corrected chi connectivity index (χ3v) is 5.21. The molecule has 0 aliphatic carbocycles. The van der Waals surface area contributed by atoms with Gasteiger partial charge in [-0.3, -0.25) is 15.6 Å². The van der Waals surface area contributed by atoms with Crippen LogP contribution in [0.15, 0.2) is 106 Å². The number of aryl methyl sites for hydroxylation is 1. The molecule has 0 unspecified atom stereocenters. The highest BCUT2D eigenvalue weighted by atomic mass is 32.2. The molecule has 0 spiro atoms. The van der Waals surface area contributed by atoms with Crippen LogP contribution in [-0.2, 0) is 4.79 Å². The molecule has 0 atom stereocenters. The summed E-state index contributed by atoms with van der Waals surface area (Å²) in [7, 11) is 0. The first-order chi connectivity index (χ1) is 14.2. The summed E-state index contributed by atoms with van der Waals surface area (Å²) >= 11 is 1.54. The van der Waals surface area contributed by atoms with Crippen molar-refractivity contribution in [3.8, 4) is 0 Å². The van der Waals surface area contributed by atoms with Crippen LogP contribution >= 0.6 is 11.8 Å². The van der Waals surface area contributed by atoms with E-state index in [0.717, 1.165) is 16.3 Å². The van der Waals surface area contributed by atoms with Gasteiger partial charge in [-0.05, 0) is 43.3 Å². The van der Waals surface area contributed by atoms with Gasteiger partial charge in [-0.25, -0.2) is 5.01 Å². The van der Waals surface area contributed by atoms with E-state index >= 15 is 0 Å². The molecule has 2 N–H and O–H groups in total. The van der Waals surface area contributed by atoms with E-state index in [2.05, 4.69) is 47.1 Å². The van der Waals surface area contributed by atoms with Gasteiger partial charge in [0.2, 0.25) is 0 Å². The summed E-state index contributed by atoms with van der Waals surface area (Å²) in [4.78, 5) is 14.1. The monoisotopic (exact) mass is 400 g/mol. The normalized spacial score (nSPS) is 16.3. The molecule has 6 heteroatoms. The maximum atomic E-state index is 13.0. The van der Waals surface area contributed by atoms with E-state index in [4.69, 9.17) is 0 Å². The van der Waals surface area contributed by atoms with Crippen LogP contribution in [0.1, 0.15) is 5.56 Å². The predicted molar refractivity (Wildman–Crippen MR) is 120 cm³/mol. The summed E-state index contributed by atoms with van der Waals surface area (Å²) in [6.45, 7) is 2.06. The number of anilines is 2. The maximum absolute atomic E-state index is 13.0. The number of para-hydroxylation sites is 2. The quantitative estimate of drug-likeness (QED) is 0.470. The van der Waals surface area contributed by atoms with Crippen LogP contribution in [0, 0.1) is 6.92 Å². The molecule has 1 aliphatic rings. The first kappa shape index (κ1) is 18.8. The predicted octanol–water partition coefficient (Wildman–Crippen LogP) is 4.95. The number of hydrazine groups is 1. The van der Waals surface area contributed by atoms with Gasteiger partial charge in [-0.15, -0.1) is 0 Å². The smallest absolute Gasteiger partial charge is 0.288 e. The molecule has 0 radical (unpaired) electrons. The Kier molecular flexibility index (Phi) is 5.63. The summed E-state index contributed by atoms with van der Waals surface area (Å²) in [5.41, 5.74) is 9.91. The van der Waals surface area contributed by atoms with Crippen LogP contribution in [0.2, 0.25) is 0 Å². The van der Waals surface area contributed by atoms with Gasteiger partial charge in [0.1, 0.15) is 0 Å². The first-order valence-corrected chi connectivity index (χ1v) is 10.1. The van der Waals surface area contributed by atoms with Crippen LogP contribution < -0.4 is 15.9 Å². The fraction of sp³-hybridized carbons (Fsp3) is 0.0435. The number of thioether (sulfide) groups is 1. The second kappa shape index (κ2) is 8.67. The third kappa shape index (κ3) is 4.50. The molecule has 1 fully saturated rings. The standard InChI is InChI=1S/C23H20N4OS/c1-17-12-14-20(15-13-17)29-16-21-22(25-24-18-8-4-2-5-9-18)23(28)27(26-21)19-10-6-3-7-11-19/h2-16,24,26H,1H3/b21-16-,25-22+. The van der Waals surface area contributed by atoms with Crippen LogP contribution in [0.5, 0.6) is 0 Å². The molecule has 1 saturated heterocycles. The van der Waals surface area contributed by atoms with Gasteiger partial charge in [-0.2, -0.15) is 5.10 Å². The highest BCUT2D eigenvalue weighted by Crippen LogP contribution is 2.25. The summed E-state index contributed by atoms with van der Waals surface area (Å²) in [5, 5.41) is 7.81. The van der Waals surface area contributed by atoms with Crippen molar-refractivity contribution in [2.45, 2.75) is 11.8 Å². The highest BCUT2D eigenvalue weighted by Gasteiger charge is 2.33. The summed E-state index contributed by atoms with van der Waals surface area (Å²) in [5.74, 6) is -0.213. The maximum Gasteiger partial charge on any atom is 0.299 e. The van der Waals surface area contributed by atoms with Crippen LogP contribution in [0.3, 0.4) is 0 Å². The Morgan fingerprint density at radius 3 is 2.28 bits per heavy atom. The summed E-state index contributed by atoms with van der Waals surface area (Å²) in [6, 6.07) is 27.3. The Labute approximate surface area is 174 Å². The highest BCUT2D eigenvalue weighted by molar-refractivity contribution is 8.02. The number of nitrogens with one attached hydrogen (secondary N) is 2. The van der Waals surface area contributed by atoms with Gasteiger partial charge in [-0.1, -0.05) is 65.9 Å². The first-order valence-electron chi connectivity index (χ1n) is 9.19. The second-order valence-corrected chi connectivity index (χ2v) is 7.43. The Morgan fingerprint density at radius 1 is 0.931 bits per heavy atom. The van der Waals surface area contributed by atoms with E-state index in [1.807, 2.05) is 66.1 Å². The zero-order valence-electron chi connectivity index (χ0n) is 15.9. The molecule has 0 aromatic heterocycles. The molecule has 3 aromatic carbocycles. The minimum Gasteiger partial charge on any atom is -0.288 e. The molecule has 1 aliphatic heterocycles. The van der Waals surface area contributed by atoms with Crippen LogP contribution in [0.4, 0.5) is 11.4 Å². The van der Waals surface area contributed by atoms with Crippen molar-refractivity contribution in [2.24, 2.45) is 5.10 Å². The van der Waals surface area contributed by atoms with Crippen molar-refractivity contribution in [3.05, 3.63) is 102 Å². The van der Waals surface area contributed by atoms with E-state index in [1.165, 1.54) is 22.3 Å². The molecule has 144 valence electrons. The molecular weight excluding hydrogens is 380 g/mol. The van der Waals surface area contributed by atoms with Crippen molar-refractivity contribution in [1.82, 2.24) is 5.43 Å². The number of carbonyl (C=O) groups excluding carboxylic acids is 1. The number of hydrazone groups is 1. The third-order valence-electron chi connectivity index (χ3n) is 4.31. The second-order valence-electron chi connectivity index (χ2n) is 6.49. The number of benzene rings is 3. The van der Waals surface area contributed by atoms with Gasteiger partial charge in [0.05, 0.1) is 17.1 Å². The van der Waals surface area contributed by atoms with Gasteiger partial charge in [0, 0.05) is 10.3 Å². The summed E-state index contributed by atoms with van der Waals surface area (Å²) in [6.07, 6.45) is 0. The van der Waals surface area contributed by atoms with Crippen molar-refractivity contribution < 1.29 is 4.79 Å². The van der Waals surface area contributed by atoms with Gasteiger partial charge in [0.25, 0.3) is 5.91 Å². The number of carbonyl (C=O) groups is 1. The average Bonchev–Trinajstić information content (AvgIpc) is 3.08. The lowest BCUT2D eigenvalue weighted by Crippen LogP contribution is -2.34. The van der Waals surface area contributed by atoms with E-state index in [9.17, 15) is 4.79 Å². The number of amides is 1. The van der Waals surface area contributed by atoms with E-state index < -0.39 is 0 Å². The molecule has 1 amide bonds. The molecular formula is C23H20N4OS. The number of nitrogens with zero attached hydrogens (tertiary/aromatic N) is 2. The van der Waals surface area contributed by atoms with Crippen molar-refractivity contribution in [3.63, 3.8) is 0 Å². The number of hydrogen-bond acceptors (Lipinski definition) is 5. The van der Waals surface area contributed by atoms with E-state index in [1.54, 1.807) is 0 Å². The van der Waals surface area contributed by atoms with Gasteiger partial charge in [0.15, 0.2) is 5.71 Å². The molecule has 1 heterocycles. The molecule has 3 aromatic rings. The van der Waals surface area contributed by atoms with Crippen molar-refractivity contribution >= 4 is 34.8 Å². The Morgan fingerprint density at radius 2 is 1.59 bits per heavy atom. The lowest BCUT2D eigenvalue weighted by atomic mass is 10.2. The summed E-state index contributed by atoms with van der Waals surface area (Å²) < 4.78 is 0. The molecule has 0 saturated carbocycles. The molecule has 4 rings (SSSR count). The number of hydrogen-bond donors (Lipinski definition) is 2. The van der Waals surface area contributed by atoms with Crippen LogP contribution in [-0.4, -0.2) is 11.6 Å². The molecule has 29 heavy (non-hydrogen) atoms. The molecule has 5 nitrogen and oxygen atoms in total. The minimum atomic E-state index is -0.213. The zero-order valence-corrected chi connectivity index (χ0v) is 16.7. The number of rotatable bonds is 5. The zero-order chi connectivity index (χ0) is 20.1. The van der Waals surface area contributed by atoms with Crippen LogP contribution in [0.25, 0.3) is 0 Å². The Balaban J connectivity index is 1.62. The van der Waals surface area contributed by atoms with Crippen molar-refractivity contribution in [2.75, 3.05) is 10.4 Å². The van der Waals surface area contributed by atoms with Crippen molar-refractivity contribution in [1.29, 1.82) is 0 Å². The lowest BCUT2D eigenvalue weighted by molar-refractivity contribution is -0.112. The van der Waals surface area contributed by atoms with E-state index in [0.29, 0.717) is 11.4 Å². The molecule has 0 bridgehead atoms. The van der Waals surface area contributed by atoms with Gasteiger partial charge >= 0.3 is 0 Å². The largest absolute Gasteiger partial charge is 0.299 e. The van der Waals surface area contributed by atoms with E-state index in [-0.39, 0.29) is 5.91 Å². The fourth-order valence-electron chi connectivity index (χ4n) is 2.77. The average molecular weight is 401 g/mol. The Bertz CT molecular complexity index is 1050. The SMILES string of the molecule is Cc1ccc(S/C=C2\NN(c3ccccc3)C(=O)\C2=N\Nc2ccccc2)cc1. The lowest BCUT2D eigenvalue weighted by Gasteiger charge is -2.15. The fourth-order valence-corrected chi connectivity index (χ4v) is 3.48. The minimum absolute atomic E-state index is 0.213.